The van der Waals surface area contributed by atoms with Gasteiger partial charge in [-0.2, -0.15) is 4.68 Å². The summed E-state index contributed by atoms with van der Waals surface area (Å²) >= 11 is 0. The monoisotopic (exact) mass is 298 g/mol. The number of carbonyl (C=O) groups is 1. The summed E-state index contributed by atoms with van der Waals surface area (Å²) in [6.07, 6.45) is 2.68. The van der Waals surface area contributed by atoms with E-state index in [1.54, 1.807) is 13.0 Å². The lowest BCUT2D eigenvalue weighted by molar-refractivity contribution is 0.0950. The Kier molecular flexibility index (Phi) is 5.61. The third-order valence-corrected chi connectivity index (χ3v) is 3.21. The molecule has 1 aromatic carbocycles. The molecule has 0 aliphatic carbocycles. The van der Waals surface area contributed by atoms with Crippen molar-refractivity contribution in [2.75, 3.05) is 13.1 Å². The first-order valence-electron chi connectivity index (χ1n) is 7.53. The van der Waals surface area contributed by atoms with E-state index in [2.05, 4.69) is 22.3 Å². The fraction of sp³-hybridized carbons (Fsp3) is 0.353. The molecular formula is C17H22N4O. The number of aromatic nitrogens is 3. The predicted molar refractivity (Wildman–Crippen MR) is 87.7 cm³/mol. The van der Waals surface area contributed by atoms with Gasteiger partial charge < -0.3 is 5.32 Å². The fourth-order valence-electron chi connectivity index (χ4n) is 2.09. The number of carbonyl (C=O) groups excluding carboxylic acids is 1. The second-order valence-corrected chi connectivity index (χ2v) is 5.27. The first-order valence-corrected chi connectivity index (χ1v) is 7.53. The van der Waals surface area contributed by atoms with Gasteiger partial charge in [-0.3, -0.25) is 4.79 Å². The Hall–Kier alpha value is -2.27. The Bertz CT molecular complexity index is 659. The largest absolute Gasteiger partial charge is 0.313 e. The lowest BCUT2D eigenvalue weighted by atomic mass is 10.2. The number of hydrogen-bond acceptors (Lipinski definition) is 4. The number of nitrogens with one attached hydrogen (secondary N) is 1. The van der Waals surface area contributed by atoms with Crippen LogP contribution in [0.25, 0.3) is 11.4 Å². The molecule has 0 fully saturated rings. The van der Waals surface area contributed by atoms with Crippen LogP contribution in [-0.4, -0.2) is 33.8 Å². The van der Waals surface area contributed by atoms with Crippen molar-refractivity contribution < 1.29 is 4.79 Å². The minimum atomic E-state index is -0.164. The molecule has 0 saturated carbocycles. The SMILES string of the molecule is CCCNC/C(C)=C/C(=O)n1nc(-c2ccccc2)nc1C. The Morgan fingerprint density at radius 3 is 2.73 bits per heavy atom. The van der Waals surface area contributed by atoms with E-state index >= 15 is 0 Å². The molecule has 0 radical (unpaired) electrons. The molecule has 2 rings (SSSR count). The van der Waals surface area contributed by atoms with Gasteiger partial charge in [-0.05, 0) is 26.8 Å². The van der Waals surface area contributed by atoms with E-state index in [0.29, 0.717) is 18.2 Å². The normalized spacial score (nSPS) is 11.7. The summed E-state index contributed by atoms with van der Waals surface area (Å²) in [6, 6.07) is 9.65. The minimum Gasteiger partial charge on any atom is -0.313 e. The quantitative estimate of drug-likeness (QED) is 0.658. The molecule has 0 unspecified atom stereocenters. The third-order valence-electron chi connectivity index (χ3n) is 3.21. The molecule has 0 aliphatic heterocycles. The second-order valence-electron chi connectivity index (χ2n) is 5.27. The van der Waals surface area contributed by atoms with E-state index in [9.17, 15) is 4.79 Å². The Morgan fingerprint density at radius 1 is 1.32 bits per heavy atom. The molecule has 5 nitrogen and oxygen atoms in total. The molecule has 0 bridgehead atoms. The molecule has 1 heterocycles. The molecule has 22 heavy (non-hydrogen) atoms. The van der Waals surface area contributed by atoms with Gasteiger partial charge in [0.2, 0.25) is 0 Å². The van der Waals surface area contributed by atoms with Crippen molar-refractivity contribution in [3.05, 3.63) is 47.8 Å². The third kappa shape index (κ3) is 4.11. The van der Waals surface area contributed by atoms with E-state index in [1.807, 2.05) is 37.3 Å². The van der Waals surface area contributed by atoms with Crippen LogP contribution < -0.4 is 5.32 Å². The smallest absolute Gasteiger partial charge is 0.272 e. The van der Waals surface area contributed by atoms with Crippen molar-refractivity contribution in [3.63, 3.8) is 0 Å². The predicted octanol–water partition coefficient (Wildman–Crippen LogP) is 2.84. The molecule has 0 spiro atoms. The van der Waals surface area contributed by atoms with Crippen molar-refractivity contribution in [3.8, 4) is 11.4 Å². The van der Waals surface area contributed by atoms with Gasteiger partial charge in [0, 0.05) is 18.2 Å². The van der Waals surface area contributed by atoms with Crippen LogP contribution in [0.2, 0.25) is 0 Å². The average molecular weight is 298 g/mol. The van der Waals surface area contributed by atoms with E-state index in [4.69, 9.17) is 0 Å². The van der Waals surface area contributed by atoms with E-state index in [0.717, 1.165) is 24.1 Å². The van der Waals surface area contributed by atoms with Gasteiger partial charge in [-0.25, -0.2) is 4.98 Å². The van der Waals surface area contributed by atoms with Gasteiger partial charge in [0.05, 0.1) is 0 Å². The van der Waals surface area contributed by atoms with Crippen molar-refractivity contribution in [2.45, 2.75) is 27.2 Å². The minimum absolute atomic E-state index is 0.164. The number of nitrogens with zero attached hydrogens (tertiary/aromatic N) is 3. The van der Waals surface area contributed by atoms with E-state index in [1.165, 1.54) is 4.68 Å². The highest BCUT2D eigenvalue weighted by Crippen LogP contribution is 2.14. The lowest BCUT2D eigenvalue weighted by Gasteiger charge is -2.03. The fourth-order valence-corrected chi connectivity index (χ4v) is 2.09. The van der Waals surface area contributed by atoms with Gasteiger partial charge in [0.15, 0.2) is 5.82 Å². The number of rotatable bonds is 6. The van der Waals surface area contributed by atoms with Crippen molar-refractivity contribution in [2.24, 2.45) is 0 Å². The summed E-state index contributed by atoms with van der Waals surface area (Å²) in [5, 5.41) is 7.59. The van der Waals surface area contributed by atoms with Gasteiger partial charge in [-0.1, -0.05) is 42.8 Å². The zero-order valence-electron chi connectivity index (χ0n) is 13.3. The zero-order chi connectivity index (χ0) is 15.9. The lowest BCUT2D eigenvalue weighted by Crippen LogP contribution is -2.18. The van der Waals surface area contributed by atoms with Crippen molar-refractivity contribution in [1.82, 2.24) is 20.1 Å². The maximum Gasteiger partial charge on any atom is 0.272 e. The van der Waals surface area contributed by atoms with Crippen LogP contribution in [0.4, 0.5) is 0 Å². The molecule has 0 aliphatic rings. The van der Waals surface area contributed by atoms with E-state index < -0.39 is 0 Å². The van der Waals surface area contributed by atoms with Gasteiger partial charge >= 0.3 is 0 Å². The summed E-state index contributed by atoms with van der Waals surface area (Å²) in [6.45, 7) is 7.49. The van der Waals surface area contributed by atoms with Gasteiger partial charge in [-0.15, -0.1) is 5.10 Å². The molecule has 0 amide bonds. The zero-order valence-corrected chi connectivity index (χ0v) is 13.3. The molecular weight excluding hydrogens is 276 g/mol. The highest BCUT2D eigenvalue weighted by molar-refractivity contribution is 5.90. The van der Waals surface area contributed by atoms with Crippen LogP contribution in [0.1, 0.15) is 30.9 Å². The number of benzene rings is 1. The summed E-state index contributed by atoms with van der Waals surface area (Å²) in [4.78, 5) is 16.7. The maximum absolute atomic E-state index is 12.3. The maximum atomic E-state index is 12.3. The Balaban J connectivity index is 2.14. The van der Waals surface area contributed by atoms with Crippen LogP contribution in [0, 0.1) is 6.92 Å². The van der Waals surface area contributed by atoms with Crippen LogP contribution >= 0.6 is 0 Å². The molecule has 2 aromatic rings. The van der Waals surface area contributed by atoms with Crippen molar-refractivity contribution in [1.29, 1.82) is 0 Å². The summed E-state index contributed by atoms with van der Waals surface area (Å²) < 4.78 is 1.35. The molecule has 1 N–H and O–H groups in total. The summed E-state index contributed by atoms with van der Waals surface area (Å²) in [5.74, 6) is 0.999. The first-order chi connectivity index (χ1) is 10.6. The number of aryl methyl sites for hydroxylation is 1. The van der Waals surface area contributed by atoms with Gasteiger partial charge in [0.25, 0.3) is 5.91 Å². The average Bonchev–Trinajstić information content (AvgIpc) is 2.90. The number of hydrogen-bond donors (Lipinski definition) is 1. The highest BCUT2D eigenvalue weighted by atomic mass is 16.2. The van der Waals surface area contributed by atoms with Crippen LogP contribution in [0.5, 0.6) is 0 Å². The molecule has 0 atom stereocenters. The van der Waals surface area contributed by atoms with Crippen LogP contribution in [-0.2, 0) is 0 Å². The number of allylic oxidation sites excluding steroid dienone is 1. The van der Waals surface area contributed by atoms with E-state index in [-0.39, 0.29) is 5.91 Å². The molecule has 116 valence electrons. The summed E-state index contributed by atoms with van der Waals surface area (Å²) in [5.41, 5.74) is 1.89. The first kappa shape index (κ1) is 16.1. The molecule has 1 aromatic heterocycles. The van der Waals surface area contributed by atoms with Crippen LogP contribution in [0.15, 0.2) is 42.0 Å². The van der Waals surface area contributed by atoms with Crippen molar-refractivity contribution >= 4 is 5.91 Å². The molecule has 0 saturated heterocycles. The topological polar surface area (TPSA) is 59.8 Å². The van der Waals surface area contributed by atoms with Gasteiger partial charge in [0.1, 0.15) is 5.82 Å². The second kappa shape index (κ2) is 7.66. The Morgan fingerprint density at radius 2 is 2.05 bits per heavy atom. The highest BCUT2D eigenvalue weighted by Gasteiger charge is 2.12. The van der Waals surface area contributed by atoms with Crippen LogP contribution in [0.3, 0.4) is 0 Å². The summed E-state index contributed by atoms with van der Waals surface area (Å²) in [7, 11) is 0. The molecule has 5 heteroatoms. The Labute approximate surface area is 131 Å². The standard InChI is InChI=1S/C17H22N4O/c1-4-10-18-12-13(2)11-16(22)21-14(3)19-17(20-21)15-8-6-5-7-9-15/h5-9,11,18H,4,10,12H2,1-3H3/b13-11+.